The van der Waals surface area contributed by atoms with E-state index in [1.807, 2.05) is 6.92 Å². The van der Waals surface area contributed by atoms with E-state index in [-0.39, 0.29) is 9.92 Å². The van der Waals surface area contributed by atoms with Crippen LogP contribution in [0.5, 0.6) is 0 Å². The zero-order valence-electron chi connectivity index (χ0n) is 11.3. The number of nitrogens with one attached hydrogen (secondary N) is 1. The van der Waals surface area contributed by atoms with Crippen LogP contribution in [0.1, 0.15) is 6.92 Å². The average molecular weight is 344 g/mol. The van der Waals surface area contributed by atoms with Crippen LogP contribution in [0.15, 0.2) is 17.2 Å². The third-order valence-electron chi connectivity index (χ3n) is 2.49. The lowest BCUT2D eigenvalue weighted by molar-refractivity contribution is 0.113. The Kier molecular flexibility index (Phi) is 6.72. The molecule has 6 nitrogen and oxygen atoms in total. The van der Waals surface area contributed by atoms with Gasteiger partial charge in [0.25, 0.3) is 6.43 Å². The maximum absolute atomic E-state index is 12.5. The first-order valence-electron chi connectivity index (χ1n) is 6.11. The van der Waals surface area contributed by atoms with Crippen molar-refractivity contribution in [3.63, 3.8) is 0 Å². The van der Waals surface area contributed by atoms with E-state index in [4.69, 9.17) is 16.7 Å². The number of aliphatic hydroxyl groups is 1. The fraction of sp³-hybridized carbons (Fsp3) is 0.545. The minimum absolute atomic E-state index is 0.0684. The summed E-state index contributed by atoms with van der Waals surface area (Å²) in [6.07, 6.45) is -1.81. The Morgan fingerprint density at radius 2 is 2.19 bits per heavy atom. The number of aromatic nitrogens is 1. The van der Waals surface area contributed by atoms with E-state index < -0.39 is 36.1 Å². The number of aliphatic hydroxyl groups excluding tert-OH is 1. The molecule has 0 aliphatic carbocycles. The van der Waals surface area contributed by atoms with Gasteiger partial charge in [-0.25, -0.2) is 22.2 Å². The normalized spacial score (nSPS) is 12.1. The summed E-state index contributed by atoms with van der Waals surface area (Å²) in [6, 6.07) is 1.14. The van der Waals surface area contributed by atoms with Gasteiger partial charge in [-0.2, -0.15) is 4.31 Å². The second-order valence-corrected chi connectivity index (χ2v) is 6.35. The summed E-state index contributed by atoms with van der Waals surface area (Å²) >= 11 is 5.90. The molecule has 120 valence electrons. The Morgan fingerprint density at radius 1 is 1.52 bits per heavy atom. The van der Waals surface area contributed by atoms with Crippen molar-refractivity contribution in [1.29, 1.82) is 0 Å². The average Bonchev–Trinajstić information content (AvgIpc) is 2.40. The minimum atomic E-state index is -4.19. The molecule has 0 bridgehead atoms. The van der Waals surface area contributed by atoms with E-state index in [9.17, 15) is 17.2 Å². The zero-order chi connectivity index (χ0) is 16.0. The number of anilines is 1. The fourth-order valence-electron chi connectivity index (χ4n) is 1.58. The highest BCUT2D eigenvalue weighted by molar-refractivity contribution is 7.89. The molecular weight excluding hydrogens is 328 g/mol. The second kappa shape index (κ2) is 7.83. The molecule has 2 N–H and O–H groups in total. The number of pyridine rings is 1. The summed E-state index contributed by atoms with van der Waals surface area (Å²) in [6.45, 7) is 0.354. The molecule has 0 saturated carbocycles. The topological polar surface area (TPSA) is 82.5 Å². The molecule has 0 saturated heterocycles. The predicted octanol–water partition coefficient (Wildman–Crippen LogP) is 1.41. The summed E-state index contributed by atoms with van der Waals surface area (Å²) in [5.74, 6) is 0.306. The van der Waals surface area contributed by atoms with Gasteiger partial charge in [0.1, 0.15) is 10.7 Å². The molecule has 1 heterocycles. The third kappa shape index (κ3) is 4.73. The lowest BCUT2D eigenvalue weighted by atomic mass is 10.4. The standard InChI is InChI=1S/C11H16ClF2N3O3S/c1-2-15-11-9(12)5-8(6-16-11)21(19,20)17(3-4-18)7-10(13)14/h5-6,10,18H,2-4,7H2,1H3,(H,15,16). The number of halogens is 3. The molecule has 0 aliphatic heterocycles. The van der Waals surface area contributed by atoms with Crippen molar-refractivity contribution in [2.24, 2.45) is 0 Å². The smallest absolute Gasteiger partial charge is 0.252 e. The van der Waals surface area contributed by atoms with Gasteiger partial charge in [0.2, 0.25) is 10.0 Å². The van der Waals surface area contributed by atoms with Crippen LogP contribution >= 0.6 is 11.6 Å². The van der Waals surface area contributed by atoms with Gasteiger partial charge >= 0.3 is 0 Å². The van der Waals surface area contributed by atoms with Crippen molar-refractivity contribution in [1.82, 2.24) is 9.29 Å². The highest BCUT2D eigenvalue weighted by Gasteiger charge is 2.27. The van der Waals surface area contributed by atoms with Crippen LogP contribution in [0, 0.1) is 0 Å². The number of sulfonamides is 1. The summed E-state index contributed by atoms with van der Waals surface area (Å²) in [5, 5.41) is 11.7. The quantitative estimate of drug-likeness (QED) is 0.746. The molecule has 0 amide bonds. The van der Waals surface area contributed by atoms with Crippen LogP contribution in [-0.2, 0) is 10.0 Å². The van der Waals surface area contributed by atoms with Crippen molar-refractivity contribution in [2.75, 3.05) is 31.6 Å². The molecule has 21 heavy (non-hydrogen) atoms. The molecule has 1 rings (SSSR count). The Balaban J connectivity index is 3.12. The van der Waals surface area contributed by atoms with E-state index in [2.05, 4.69) is 10.3 Å². The first-order chi connectivity index (χ1) is 9.82. The predicted molar refractivity (Wildman–Crippen MR) is 75.3 cm³/mol. The second-order valence-electron chi connectivity index (χ2n) is 4.01. The molecular formula is C11H16ClF2N3O3S. The molecule has 1 aromatic rings. The van der Waals surface area contributed by atoms with E-state index in [1.165, 1.54) is 0 Å². The Labute approximate surface area is 126 Å². The molecule has 0 spiro atoms. The molecule has 0 unspecified atom stereocenters. The Hall–Kier alpha value is -1.03. The fourth-order valence-corrected chi connectivity index (χ4v) is 3.26. The van der Waals surface area contributed by atoms with Gasteiger partial charge in [-0.1, -0.05) is 11.6 Å². The first-order valence-corrected chi connectivity index (χ1v) is 7.93. The molecule has 1 aromatic heterocycles. The number of hydrogen-bond acceptors (Lipinski definition) is 5. The van der Waals surface area contributed by atoms with Gasteiger partial charge in [-0.3, -0.25) is 0 Å². The molecule has 0 aromatic carbocycles. The zero-order valence-corrected chi connectivity index (χ0v) is 12.8. The van der Waals surface area contributed by atoms with Crippen LogP contribution in [0.2, 0.25) is 5.02 Å². The number of hydrogen-bond donors (Lipinski definition) is 2. The summed E-state index contributed by atoms with van der Waals surface area (Å²) in [4.78, 5) is 3.55. The van der Waals surface area contributed by atoms with Crippen LogP contribution in [0.4, 0.5) is 14.6 Å². The van der Waals surface area contributed by atoms with Gasteiger partial charge in [-0.05, 0) is 13.0 Å². The number of alkyl halides is 2. The Morgan fingerprint density at radius 3 is 2.67 bits per heavy atom. The molecule has 0 atom stereocenters. The lowest BCUT2D eigenvalue weighted by Crippen LogP contribution is -2.37. The van der Waals surface area contributed by atoms with E-state index in [1.54, 1.807) is 0 Å². The van der Waals surface area contributed by atoms with Crippen LogP contribution < -0.4 is 5.32 Å². The van der Waals surface area contributed by atoms with Gasteiger partial charge < -0.3 is 10.4 Å². The lowest BCUT2D eigenvalue weighted by Gasteiger charge is -2.21. The van der Waals surface area contributed by atoms with Gasteiger partial charge in [0.05, 0.1) is 18.2 Å². The van der Waals surface area contributed by atoms with E-state index in [0.717, 1.165) is 12.3 Å². The van der Waals surface area contributed by atoms with Gasteiger partial charge in [0, 0.05) is 19.3 Å². The van der Waals surface area contributed by atoms with Crippen molar-refractivity contribution in [3.8, 4) is 0 Å². The molecule has 0 fully saturated rings. The maximum atomic E-state index is 12.5. The largest absolute Gasteiger partial charge is 0.395 e. The van der Waals surface area contributed by atoms with Crippen LogP contribution in [-0.4, -0.2) is 55.5 Å². The van der Waals surface area contributed by atoms with Gasteiger partial charge in [0.15, 0.2) is 0 Å². The van der Waals surface area contributed by atoms with Crippen molar-refractivity contribution < 1.29 is 22.3 Å². The van der Waals surface area contributed by atoms with E-state index >= 15 is 0 Å². The van der Waals surface area contributed by atoms with Crippen molar-refractivity contribution >= 4 is 27.4 Å². The monoisotopic (exact) mass is 343 g/mol. The van der Waals surface area contributed by atoms with Gasteiger partial charge in [-0.15, -0.1) is 0 Å². The third-order valence-corrected chi connectivity index (χ3v) is 4.61. The highest BCUT2D eigenvalue weighted by Crippen LogP contribution is 2.24. The number of nitrogens with zero attached hydrogens (tertiary/aromatic N) is 2. The van der Waals surface area contributed by atoms with Crippen molar-refractivity contribution in [2.45, 2.75) is 18.2 Å². The summed E-state index contributed by atoms with van der Waals surface area (Å²) in [5.41, 5.74) is 0. The summed E-state index contributed by atoms with van der Waals surface area (Å²) < 4.78 is 49.9. The van der Waals surface area contributed by atoms with Crippen LogP contribution in [0.25, 0.3) is 0 Å². The number of rotatable bonds is 8. The molecule has 10 heteroatoms. The SMILES string of the molecule is CCNc1ncc(S(=O)(=O)N(CCO)CC(F)F)cc1Cl. The highest BCUT2D eigenvalue weighted by atomic mass is 35.5. The maximum Gasteiger partial charge on any atom is 0.252 e. The van der Waals surface area contributed by atoms with Crippen LogP contribution in [0.3, 0.4) is 0 Å². The van der Waals surface area contributed by atoms with E-state index in [0.29, 0.717) is 16.7 Å². The first kappa shape index (κ1) is 18.0. The Bertz CT molecular complexity index is 572. The minimum Gasteiger partial charge on any atom is -0.395 e. The molecule has 0 aliphatic rings. The molecule has 0 radical (unpaired) electrons. The van der Waals surface area contributed by atoms with Crippen molar-refractivity contribution in [3.05, 3.63) is 17.3 Å². The summed E-state index contributed by atoms with van der Waals surface area (Å²) in [7, 11) is -4.19.